The second-order valence-corrected chi connectivity index (χ2v) is 10.3. The molecule has 2 aliphatic rings. The van der Waals surface area contributed by atoms with Crippen molar-refractivity contribution in [2.75, 3.05) is 24.5 Å². The van der Waals surface area contributed by atoms with E-state index >= 15 is 0 Å². The van der Waals surface area contributed by atoms with Crippen LogP contribution in [0.5, 0.6) is 0 Å². The zero-order chi connectivity index (χ0) is 20.7. The molecule has 0 saturated carbocycles. The van der Waals surface area contributed by atoms with E-state index < -0.39 is 10.0 Å². The summed E-state index contributed by atoms with van der Waals surface area (Å²) in [6, 6.07) is 8.71. The van der Waals surface area contributed by atoms with E-state index in [4.69, 9.17) is 4.42 Å². The maximum atomic E-state index is 13.1. The number of fused-ring (bicyclic) bond motifs is 1. The summed E-state index contributed by atoms with van der Waals surface area (Å²) in [7, 11) is -3.48. The topological polar surface area (TPSA) is 83.7 Å². The van der Waals surface area contributed by atoms with E-state index in [9.17, 15) is 13.2 Å². The molecule has 156 valence electrons. The van der Waals surface area contributed by atoms with Crippen molar-refractivity contribution in [3.63, 3.8) is 0 Å². The van der Waals surface area contributed by atoms with Gasteiger partial charge >= 0.3 is 0 Å². The molecule has 4 heterocycles. The summed E-state index contributed by atoms with van der Waals surface area (Å²) in [5.41, 5.74) is 2.02. The Morgan fingerprint density at radius 2 is 1.93 bits per heavy atom. The molecule has 0 radical (unpaired) electrons. The molecular formula is C21H21N3O4S2. The molecule has 1 fully saturated rings. The van der Waals surface area contributed by atoms with Crippen LogP contribution in [0.25, 0.3) is 10.8 Å². The van der Waals surface area contributed by atoms with Crippen LogP contribution in [0, 0.1) is 0 Å². The lowest BCUT2D eigenvalue weighted by Crippen LogP contribution is -2.36. The van der Waals surface area contributed by atoms with Crippen LogP contribution in [-0.2, 0) is 16.4 Å². The third-order valence-corrected chi connectivity index (χ3v) is 8.32. The fourth-order valence-corrected chi connectivity index (χ4v) is 6.37. The molecule has 0 unspecified atom stereocenters. The average molecular weight is 444 g/mol. The highest BCUT2D eigenvalue weighted by molar-refractivity contribution is 7.89. The number of aryl methyl sites for hydroxylation is 1. The fourth-order valence-electron chi connectivity index (χ4n) is 4.05. The van der Waals surface area contributed by atoms with Gasteiger partial charge in [-0.1, -0.05) is 0 Å². The molecule has 7 nitrogen and oxygen atoms in total. The molecular weight excluding hydrogens is 422 g/mol. The van der Waals surface area contributed by atoms with Crippen molar-refractivity contribution in [1.82, 2.24) is 9.29 Å². The number of hydrogen-bond donors (Lipinski definition) is 0. The standard InChI is InChI=1S/C21H21N3O4S2/c25-21(17-14-29-20(22-17)19-6-4-12-28-19)24-11-3-5-15-13-16(7-8-18(15)24)30(26,27)23-9-1-2-10-23/h4,6-8,12-14H,1-3,5,9-11H2. The van der Waals surface area contributed by atoms with E-state index in [-0.39, 0.29) is 5.91 Å². The average Bonchev–Trinajstić information content (AvgIpc) is 3.53. The van der Waals surface area contributed by atoms with Gasteiger partial charge < -0.3 is 9.32 Å². The number of benzene rings is 1. The van der Waals surface area contributed by atoms with Crippen molar-refractivity contribution in [2.24, 2.45) is 0 Å². The number of anilines is 1. The van der Waals surface area contributed by atoms with Crippen molar-refractivity contribution < 1.29 is 17.6 Å². The third-order valence-electron chi connectivity index (χ3n) is 5.57. The van der Waals surface area contributed by atoms with Gasteiger partial charge in [0.05, 0.1) is 11.2 Å². The summed E-state index contributed by atoms with van der Waals surface area (Å²) >= 11 is 1.36. The van der Waals surface area contributed by atoms with Crippen LogP contribution >= 0.6 is 11.3 Å². The number of carbonyl (C=O) groups is 1. The second kappa shape index (κ2) is 7.64. The quantitative estimate of drug-likeness (QED) is 0.613. The smallest absolute Gasteiger partial charge is 0.277 e. The van der Waals surface area contributed by atoms with Crippen molar-refractivity contribution in [2.45, 2.75) is 30.6 Å². The number of rotatable bonds is 4. The maximum absolute atomic E-state index is 13.1. The minimum atomic E-state index is -3.48. The van der Waals surface area contributed by atoms with E-state index in [0.717, 1.165) is 36.9 Å². The Morgan fingerprint density at radius 3 is 2.70 bits per heavy atom. The van der Waals surface area contributed by atoms with Gasteiger partial charge in [0, 0.05) is 30.7 Å². The highest BCUT2D eigenvalue weighted by Crippen LogP contribution is 2.33. The van der Waals surface area contributed by atoms with Gasteiger partial charge in [0.15, 0.2) is 10.8 Å². The van der Waals surface area contributed by atoms with Crippen molar-refractivity contribution >= 4 is 33.0 Å². The molecule has 0 atom stereocenters. The monoisotopic (exact) mass is 443 g/mol. The van der Waals surface area contributed by atoms with Gasteiger partial charge in [-0.2, -0.15) is 4.31 Å². The third kappa shape index (κ3) is 3.36. The van der Waals surface area contributed by atoms with Gasteiger partial charge in [-0.25, -0.2) is 13.4 Å². The highest BCUT2D eigenvalue weighted by atomic mass is 32.2. The molecule has 30 heavy (non-hydrogen) atoms. The first-order valence-corrected chi connectivity index (χ1v) is 12.3. The first-order chi connectivity index (χ1) is 14.5. The van der Waals surface area contributed by atoms with Crippen molar-refractivity contribution in [3.8, 4) is 10.8 Å². The summed E-state index contributed by atoms with van der Waals surface area (Å²) in [6.45, 7) is 1.73. The molecule has 2 aliphatic heterocycles. The molecule has 5 rings (SSSR count). The molecule has 0 spiro atoms. The van der Waals surface area contributed by atoms with E-state index in [1.54, 1.807) is 45.1 Å². The predicted molar refractivity (Wildman–Crippen MR) is 114 cm³/mol. The van der Waals surface area contributed by atoms with Gasteiger partial charge in [0.1, 0.15) is 5.69 Å². The number of nitrogens with zero attached hydrogens (tertiary/aromatic N) is 3. The Morgan fingerprint density at radius 1 is 1.10 bits per heavy atom. The van der Waals surface area contributed by atoms with Crippen LogP contribution in [0.15, 0.2) is 51.3 Å². The van der Waals surface area contributed by atoms with Gasteiger partial charge in [0.25, 0.3) is 5.91 Å². The van der Waals surface area contributed by atoms with Gasteiger partial charge in [-0.3, -0.25) is 4.79 Å². The molecule has 1 aromatic carbocycles. The molecule has 1 saturated heterocycles. The molecule has 1 amide bonds. The number of aromatic nitrogens is 1. The Bertz CT molecular complexity index is 1180. The fraction of sp³-hybridized carbons (Fsp3) is 0.333. The maximum Gasteiger partial charge on any atom is 0.277 e. The first-order valence-electron chi connectivity index (χ1n) is 9.98. The van der Waals surface area contributed by atoms with E-state index in [2.05, 4.69) is 4.98 Å². The van der Waals surface area contributed by atoms with Crippen LogP contribution < -0.4 is 4.90 Å². The van der Waals surface area contributed by atoms with Crippen LogP contribution in [0.4, 0.5) is 5.69 Å². The number of furan rings is 1. The molecule has 0 bridgehead atoms. The lowest BCUT2D eigenvalue weighted by atomic mass is 10.0. The normalized spacial score (nSPS) is 17.3. The van der Waals surface area contributed by atoms with Crippen molar-refractivity contribution in [1.29, 1.82) is 0 Å². The molecule has 0 aliphatic carbocycles. The number of sulfonamides is 1. The number of carbonyl (C=O) groups excluding carboxylic acids is 1. The summed E-state index contributed by atoms with van der Waals surface area (Å²) < 4.78 is 32.7. The van der Waals surface area contributed by atoms with Crippen LogP contribution in [-0.4, -0.2) is 43.2 Å². The minimum absolute atomic E-state index is 0.180. The van der Waals surface area contributed by atoms with E-state index in [0.29, 0.717) is 41.0 Å². The number of amides is 1. The Kier molecular flexibility index (Phi) is 4.96. The summed E-state index contributed by atoms with van der Waals surface area (Å²) in [5.74, 6) is 0.454. The van der Waals surface area contributed by atoms with Crippen LogP contribution in [0.2, 0.25) is 0 Å². The second-order valence-electron chi connectivity index (χ2n) is 7.48. The molecule has 3 aromatic rings. The van der Waals surface area contributed by atoms with Gasteiger partial charge in [-0.15, -0.1) is 11.3 Å². The molecule has 9 heteroatoms. The van der Waals surface area contributed by atoms with E-state index in [1.807, 2.05) is 6.07 Å². The van der Waals surface area contributed by atoms with Gasteiger partial charge in [0.2, 0.25) is 10.0 Å². The molecule has 0 N–H and O–H groups in total. The first kappa shape index (κ1) is 19.5. The van der Waals surface area contributed by atoms with Crippen molar-refractivity contribution in [3.05, 3.63) is 53.2 Å². The summed E-state index contributed by atoms with van der Waals surface area (Å²) in [5, 5.41) is 2.40. The summed E-state index contributed by atoms with van der Waals surface area (Å²) in [4.78, 5) is 19.6. The van der Waals surface area contributed by atoms with Crippen LogP contribution in [0.3, 0.4) is 0 Å². The minimum Gasteiger partial charge on any atom is -0.462 e. The lowest BCUT2D eigenvalue weighted by Gasteiger charge is -2.29. The number of thiazole rings is 1. The molecule has 2 aromatic heterocycles. The Balaban J connectivity index is 1.43. The number of hydrogen-bond acceptors (Lipinski definition) is 6. The van der Waals surface area contributed by atoms with E-state index in [1.165, 1.54) is 11.3 Å². The largest absolute Gasteiger partial charge is 0.462 e. The Labute approximate surface area is 179 Å². The predicted octanol–water partition coefficient (Wildman–Crippen LogP) is 3.78. The zero-order valence-electron chi connectivity index (χ0n) is 16.3. The SMILES string of the molecule is O=C(c1csc(-c2ccco2)n1)N1CCCc2cc(S(=O)(=O)N3CCCC3)ccc21. The summed E-state index contributed by atoms with van der Waals surface area (Å²) in [6.07, 6.45) is 4.91. The Hall–Kier alpha value is -2.49. The lowest BCUT2D eigenvalue weighted by molar-refractivity contribution is 0.0981. The van der Waals surface area contributed by atoms with Crippen LogP contribution in [0.1, 0.15) is 35.3 Å². The highest BCUT2D eigenvalue weighted by Gasteiger charge is 2.30. The zero-order valence-corrected chi connectivity index (χ0v) is 17.9. The van der Waals surface area contributed by atoms with Gasteiger partial charge in [-0.05, 0) is 61.6 Å².